The van der Waals surface area contributed by atoms with Gasteiger partial charge < -0.3 is 19.5 Å². The summed E-state index contributed by atoms with van der Waals surface area (Å²) in [5.41, 5.74) is 4.17. The second-order valence-corrected chi connectivity index (χ2v) is 8.59. The molecule has 1 N–H and O–H groups in total. The van der Waals surface area contributed by atoms with E-state index in [-0.39, 0.29) is 11.9 Å². The first-order chi connectivity index (χ1) is 18.4. The summed E-state index contributed by atoms with van der Waals surface area (Å²) in [6.45, 7) is 2.03. The number of fused-ring (bicyclic) bond motifs is 2. The zero-order valence-corrected chi connectivity index (χ0v) is 21.8. The Balaban J connectivity index is 0.000000194. The highest BCUT2D eigenvalue weighted by atomic mass is 16.5. The second kappa shape index (κ2) is 11.9. The molecule has 6 nitrogen and oxygen atoms in total. The van der Waals surface area contributed by atoms with Gasteiger partial charge in [0.2, 0.25) is 0 Å². The third-order valence-electron chi connectivity index (χ3n) is 6.19. The van der Waals surface area contributed by atoms with Gasteiger partial charge in [-0.3, -0.25) is 0 Å². The van der Waals surface area contributed by atoms with Gasteiger partial charge in [-0.2, -0.15) is 0 Å². The van der Waals surface area contributed by atoms with Crippen molar-refractivity contribution in [1.29, 1.82) is 0 Å². The number of esters is 2. The summed E-state index contributed by atoms with van der Waals surface area (Å²) >= 11 is 0. The average Bonchev–Trinajstić information content (AvgIpc) is 2.97. The summed E-state index contributed by atoms with van der Waals surface area (Å²) < 4.78 is 14.6. The lowest BCUT2D eigenvalue weighted by Crippen LogP contribution is -2.01. The van der Waals surface area contributed by atoms with E-state index in [0.29, 0.717) is 11.1 Å². The molecule has 0 aromatic heterocycles. The van der Waals surface area contributed by atoms with Crippen molar-refractivity contribution in [3.63, 3.8) is 0 Å². The maximum absolute atomic E-state index is 11.7. The van der Waals surface area contributed by atoms with E-state index in [1.807, 2.05) is 91.9 Å². The molecular formula is C32H29NO5. The average molecular weight is 508 g/mol. The molecule has 38 heavy (non-hydrogen) atoms. The van der Waals surface area contributed by atoms with E-state index in [1.165, 1.54) is 19.8 Å². The number of aryl methyl sites for hydroxylation is 1. The Hall–Kier alpha value is -4.84. The van der Waals surface area contributed by atoms with Crippen molar-refractivity contribution >= 4 is 44.9 Å². The molecule has 0 atom stereocenters. The number of methoxy groups -OCH3 is 3. The van der Waals surface area contributed by atoms with E-state index >= 15 is 0 Å². The quantitative estimate of drug-likeness (QED) is 0.251. The van der Waals surface area contributed by atoms with Crippen molar-refractivity contribution in [3.05, 3.63) is 114 Å². The van der Waals surface area contributed by atoms with E-state index < -0.39 is 0 Å². The van der Waals surface area contributed by atoms with E-state index in [4.69, 9.17) is 9.47 Å². The fraction of sp³-hybridized carbons (Fsp3) is 0.125. The fourth-order valence-corrected chi connectivity index (χ4v) is 4.13. The largest absolute Gasteiger partial charge is 0.497 e. The van der Waals surface area contributed by atoms with Crippen LogP contribution in [0, 0.1) is 6.92 Å². The van der Waals surface area contributed by atoms with Crippen LogP contribution in [0.2, 0.25) is 0 Å². The van der Waals surface area contributed by atoms with Gasteiger partial charge in [0.15, 0.2) is 0 Å². The standard InChI is InChI=1S/C19H17NO3.C13H12O2/c1-22-16-10-8-15(9-11-16)20-18-5-3-4-13-6-7-14(12-17(13)18)19(21)23-2;1-9-4-3-5-10-6-7-11(8-12(9)10)13(14)15-2/h3-12,20H,1-2H3;3-8H,1-2H3. The van der Waals surface area contributed by atoms with Gasteiger partial charge in [-0.1, -0.05) is 42.5 Å². The topological polar surface area (TPSA) is 73.9 Å². The Kier molecular flexibility index (Phi) is 8.23. The molecular weight excluding hydrogens is 478 g/mol. The maximum Gasteiger partial charge on any atom is 0.337 e. The predicted molar refractivity (Wildman–Crippen MR) is 152 cm³/mol. The van der Waals surface area contributed by atoms with Gasteiger partial charge in [-0.15, -0.1) is 0 Å². The van der Waals surface area contributed by atoms with Gasteiger partial charge in [-0.05, 0) is 83.2 Å². The summed E-state index contributed by atoms with van der Waals surface area (Å²) in [6, 6.07) is 30.8. The minimum atomic E-state index is -0.342. The molecule has 0 aliphatic rings. The smallest absolute Gasteiger partial charge is 0.337 e. The maximum atomic E-state index is 11.7. The SMILES string of the molecule is COC(=O)c1ccc2cccc(C)c2c1.COC(=O)c1ccc2cccc(Nc3ccc(OC)cc3)c2c1. The Morgan fingerprint density at radius 2 is 1.18 bits per heavy atom. The number of nitrogens with one attached hydrogen (secondary N) is 1. The molecule has 5 aromatic carbocycles. The lowest BCUT2D eigenvalue weighted by molar-refractivity contribution is 0.0592. The molecule has 192 valence electrons. The van der Waals surface area contributed by atoms with Crippen LogP contribution in [-0.2, 0) is 9.47 Å². The molecule has 0 spiro atoms. The summed E-state index contributed by atoms with van der Waals surface area (Å²) in [5, 5.41) is 7.63. The molecule has 0 unspecified atom stereocenters. The van der Waals surface area contributed by atoms with Gasteiger partial charge in [0.25, 0.3) is 0 Å². The normalized spacial score (nSPS) is 10.3. The van der Waals surface area contributed by atoms with E-state index in [9.17, 15) is 9.59 Å². The first-order valence-electron chi connectivity index (χ1n) is 12.0. The van der Waals surface area contributed by atoms with Crippen molar-refractivity contribution in [2.75, 3.05) is 26.6 Å². The van der Waals surface area contributed by atoms with Gasteiger partial charge in [0.05, 0.1) is 32.5 Å². The zero-order chi connectivity index (χ0) is 27.1. The van der Waals surface area contributed by atoms with Crippen LogP contribution in [0.4, 0.5) is 11.4 Å². The van der Waals surface area contributed by atoms with Gasteiger partial charge in [-0.25, -0.2) is 9.59 Å². The van der Waals surface area contributed by atoms with Crippen LogP contribution < -0.4 is 10.1 Å². The molecule has 0 amide bonds. The molecule has 0 fully saturated rings. The third-order valence-corrected chi connectivity index (χ3v) is 6.19. The molecule has 5 aromatic rings. The minimum absolute atomic E-state index is 0.292. The monoisotopic (exact) mass is 507 g/mol. The summed E-state index contributed by atoms with van der Waals surface area (Å²) in [4.78, 5) is 23.1. The lowest BCUT2D eigenvalue weighted by atomic mass is 10.0. The number of hydrogen-bond acceptors (Lipinski definition) is 6. The lowest BCUT2D eigenvalue weighted by Gasteiger charge is -2.11. The molecule has 0 bridgehead atoms. The first kappa shape index (κ1) is 26.2. The van der Waals surface area contributed by atoms with E-state index in [1.54, 1.807) is 19.2 Å². The first-order valence-corrected chi connectivity index (χ1v) is 12.0. The Labute approximate surface area is 221 Å². The van der Waals surface area contributed by atoms with E-state index in [2.05, 4.69) is 10.1 Å². The van der Waals surface area contributed by atoms with Crippen molar-refractivity contribution in [3.8, 4) is 5.75 Å². The summed E-state index contributed by atoms with van der Waals surface area (Å²) in [7, 11) is 4.42. The van der Waals surface area contributed by atoms with Gasteiger partial charge >= 0.3 is 11.9 Å². The highest BCUT2D eigenvalue weighted by Crippen LogP contribution is 2.28. The predicted octanol–water partition coefficient (Wildman–Crippen LogP) is 7.31. The number of carbonyl (C=O) groups is 2. The number of rotatable bonds is 5. The van der Waals surface area contributed by atoms with Crippen LogP contribution in [-0.4, -0.2) is 33.3 Å². The van der Waals surface area contributed by atoms with E-state index in [0.717, 1.165) is 38.7 Å². The van der Waals surface area contributed by atoms with Crippen molar-refractivity contribution in [2.24, 2.45) is 0 Å². The molecule has 0 radical (unpaired) electrons. The van der Waals surface area contributed by atoms with Gasteiger partial charge in [0, 0.05) is 16.8 Å². The van der Waals surface area contributed by atoms with Crippen LogP contribution in [0.25, 0.3) is 21.5 Å². The van der Waals surface area contributed by atoms with Crippen molar-refractivity contribution in [2.45, 2.75) is 6.92 Å². The number of hydrogen-bond donors (Lipinski definition) is 1. The molecule has 0 aliphatic heterocycles. The number of carbonyl (C=O) groups excluding carboxylic acids is 2. The van der Waals surface area contributed by atoms with Crippen LogP contribution >= 0.6 is 0 Å². The number of benzene rings is 5. The van der Waals surface area contributed by atoms with Crippen molar-refractivity contribution < 1.29 is 23.8 Å². The third kappa shape index (κ3) is 5.93. The minimum Gasteiger partial charge on any atom is -0.497 e. The van der Waals surface area contributed by atoms with Crippen LogP contribution in [0.5, 0.6) is 5.75 Å². The molecule has 0 saturated carbocycles. The molecule has 5 rings (SSSR count). The summed E-state index contributed by atoms with van der Waals surface area (Å²) in [6.07, 6.45) is 0. The second-order valence-electron chi connectivity index (χ2n) is 8.59. The molecule has 0 aliphatic carbocycles. The Bertz CT molecular complexity index is 1590. The highest BCUT2D eigenvalue weighted by Gasteiger charge is 2.09. The molecule has 6 heteroatoms. The Morgan fingerprint density at radius 1 is 0.632 bits per heavy atom. The van der Waals surface area contributed by atoms with Crippen molar-refractivity contribution in [1.82, 2.24) is 0 Å². The molecule has 0 heterocycles. The Morgan fingerprint density at radius 3 is 1.76 bits per heavy atom. The highest BCUT2D eigenvalue weighted by molar-refractivity contribution is 6.01. The number of anilines is 2. The fourth-order valence-electron chi connectivity index (χ4n) is 4.13. The molecule has 0 saturated heterocycles. The number of ether oxygens (including phenoxy) is 3. The summed E-state index contributed by atoms with van der Waals surface area (Å²) in [5.74, 6) is 0.174. The van der Waals surface area contributed by atoms with Crippen LogP contribution in [0.15, 0.2) is 97.1 Å². The van der Waals surface area contributed by atoms with Gasteiger partial charge in [0.1, 0.15) is 5.75 Å². The van der Waals surface area contributed by atoms with Crippen LogP contribution in [0.3, 0.4) is 0 Å². The van der Waals surface area contributed by atoms with Crippen LogP contribution in [0.1, 0.15) is 26.3 Å². The zero-order valence-electron chi connectivity index (χ0n) is 21.8.